The summed E-state index contributed by atoms with van der Waals surface area (Å²) in [5, 5.41) is 7.68. The minimum atomic E-state index is 0.611. The van der Waals surface area contributed by atoms with Crippen LogP contribution in [0.25, 0.3) is 0 Å². The summed E-state index contributed by atoms with van der Waals surface area (Å²) >= 11 is 1.69. The minimum absolute atomic E-state index is 0.611. The number of thiazole rings is 1. The zero-order valence-electron chi connectivity index (χ0n) is 16.0. The van der Waals surface area contributed by atoms with E-state index in [1.54, 1.807) is 18.4 Å². The standard InChI is InChI=1S/C19H28N4O2S/c1-5-20-19(21-13-18-14(2)22-15(3)26-18)23-16-8-6-9-17(12-16)25-11-7-10-24-4/h6,8-9,12H,5,7,10-11,13H2,1-4H3,(H2,20,21,23). The van der Waals surface area contributed by atoms with Crippen LogP contribution < -0.4 is 15.4 Å². The van der Waals surface area contributed by atoms with Gasteiger partial charge in [-0.15, -0.1) is 11.3 Å². The van der Waals surface area contributed by atoms with E-state index in [-0.39, 0.29) is 0 Å². The molecule has 0 bridgehead atoms. The second-order valence-electron chi connectivity index (χ2n) is 5.78. The fraction of sp³-hybridized carbons (Fsp3) is 0.474. The Morgan fingerprint density at radius 1 is 1.27 bits per heavy atom. The lowest BCUT2D eigenvalue weighted by molar-refractivity contribution is 0.172. The van der Waals surface area contributed by atoms with Gasteiger partial charge in [0.2, 0.25) is 0 Å². The van der Waals surface area contributed by atoms with Crippen LogP contribution in [0.15, 0.2) is 29.3 Å². The zero-order chi connectivity index (χ0) is 18.8. The smallest absolute Gasteiger partial charge is 0.196 e. The normalized spacial score (nSPS) is 11.5. The molecule has 0 amide bonds. The third-order valence-electron chi connectivity index (χ3n) is 3.58. The maximum atomic E-state index is 5.75. The molecule has 26 heavy (non-hydrogen) atoms. The average Bonchev–Trinajstić information content (AvgIpc) is 2.94. The van der Waals surface area contributed by atoms with E-state index in [0.717, 1.165) is 41.1 Å². The maximum absolute atomic E-state index is 5.75. The number of rotatable bonds is 9. The molecule has 0 fully saturated rings. The fourth-order valence-electron chi connectivity index (χ4n) is 2.37. The molecule has 6 nitrogen and oxygen atoms in total. The van der Waals surface area contributed by atoms with Gasteiger partial charge in [0.1, 0.15) is 5.75 Å². The summed E-state index contributed by atoms with van der Waals surface area (Å²) < 4.78 is 10.8. The van der Waals surface area contributed by atoms with Crippen LogP contribution in [-0.2, 0) is 11.3 Å². The lowest BCUT2D eigenvalue weighted by Gasteiger charge is -2.13. The molecule has 0 atom stereocenters. The molecule has 0 aliphatic heterocycles. The van der Waals surface area contributed by atoms with E-state index < -0.39 is 0 Å². The number of anilines is 1. The molecule has 0 radical (unpaired) electrons. The van der Waals surface area contributed by atoms with Gasteiger partial charge in [-0.1, -0.05) is 6.07 Å². The first-order chi connectivity index (χ1) is 12.6. The number of nitrogens with zero attached hydrogens (tertiary/aromatic N) is 2. The number of hydrogen-bond acceptors (Lipinski definition) is 5. The van der Waals surface area contributed by atoms with Crippen LogP contribution in [0.5, 0.6) is 5.75 Å². The number of ether oxygens (including phenoxy) is 2. The molecule has 2 rings (SSSR count). The van der Waals surface area contributed by atoms with Crippen molar-refractivity contribution in [2.75, 3.05) is 32.2 Å². The van der Waals surface area contributed by atoms with E-state index in [0.29, 0.717) is 19.8 Å². The number of hydrogen-bond donors (Lipinski definition) is 2. The number of nitrogens with one attached hydrogen (secondary N) is 2. The molecule has 2 aromatic rings. The molecule has 0 aliphatic rings. The van der Waals surface area contributed by atoms with E-state index in [2.05, 4.69) is 27.5 Å². The highest BCUT2D eigenvalue weighted by Gasteiger charge is 2.06. The third-order valence-corrected chi connectivity index (χ3v) is 4.64. The van der Waals surface area contributed by atoms with Crippen molar-refractivity contribution in [3.05, 3.63) is 39.8 Å². The summed E-state index contributed by atoms with van der Waals surface area (Å²) in [6, 6.07) is 7.89. The van der Waals surface area contributed by atoms with Crippen molar-refractivity contribution in [2.24, 2.45) is 4.99 Å². The number of methoxy groups -OCH3 is 1. The van der Waals surface area contributed by atoms with Crippen molar-refractivity contribution >= 4 is 23.0 Å². The van der Waals surface area contributed by atoms with Crippen molar-refractivity contribution in [1.82, 2.24) is 10.3 Å². The van der Waals surface area contributed by atoms with E-state index in [4.69, 9.17) is 9.47 Å². The monoisotopic (exact) mass is 376 g/mol. The van der Waals surface area contributed by atoms with E-state index >= 15 is 0 Å². The molecule has 0 saturated carbocycles. The van der Waals surface area contributed by atoms with Gasteiger partial charge in [0.05, 0.1) is 23.9 Å². The van der Waals surface area contributed by atoms with Gasteiger partial charge in [-0.3, -0.25) is 0 Å². The molecule has 0 unspecified atom stereocenters. The fourth-order valence-corrected chi connectivity index (χ4v) is 3.23. The largest absolute Gasteiger partial charge is 0.493 e. The molecule has 0 spiro atoms. The van der Waals surface area contributed by atoms with Crippen LogP contribution in [0.2, 0.25) is 0 Å². The lowest BCUT2D eigenvalue weighted by Crippen LogP contribution is -2.30. The van der Waals surface area contributed by atoms with Gasteiger partial charge in [-0.25, -0.2) is 9.98 Å². The average molecular weight is 377 g/mol. The maximum Gasteiger partial charge on any atom is 0.196 e. The molecule has 1 aromatic heterocycles. The van der Waals surface area contributed by atoms with Crippen molar-refractivity contribution in [3.63, 3.8) is 0 Å². The minimum Gasteiger partial charge on any atom is -0.493 e. The highest BCUT2D eigenvalue weighted by Crippen LogP contribution is 2.19. The highest BCUT2D eigenvalue weighted by molar-refractivity contribution is 7.11. The second-order valence-corrected chi connectivity index (χ2v) is 7.07. The molecule has 1 heterocycles. The molecule has 0 aliphatic carbocycles. The van der Waals surface area contributed by atoms with Crippen LogP contribution in [-0.4, -0.2) is 37.8 Å². The summed E-state index contributed by atoms with van der Waals surface area (Å²) in [6.07, 6.45) is 0.867. The molecule has 0 saturated heterocycles. The number of aliphatic imine (C=N–C) groups is 1. The molecule has 2 N–H and O–H groups in total. The summed E-state index contributed by atoms with van der Waals surface area (Å²) in [5.41, 5.74) is 1.99. The zero-order valence-corrected chi connectivity index (χ0v) is 16.8. The van der Waals surface area contributed by atoms with Crippen LogP contribution in [0.4, 0.5) is 5.69 Å². The quantitative estimate of drug-likeness (QED) is 0.396. The third kappa shape index (κ3) is 6.65. The number of guanidine groups is 1. The topological polar surface area (TPSA) is 67.8 Å². The summed E-state index contributed by atoms with van der Waals surface area (Å²) in [5.74, 6) is 1.57. The number of aromatic nitrogens is 1. The van der Waals surface area contributed by atoms with Crippen molar-refractivity contribution in [3.8, 4) is 5.75 Å². The van der Waals surface area contributed by atoms with Crippen molar-refractivity contribution < 1.29 is 9.47 Å². The Labute approximate surface area is 159 Å². The predicted octanol–water partition coefficient (Wildman–Crippen LogP) is 3.75. The van der Waals surface area contributed by atoms with Crippen molar-refractivity contribution in [2.45, 2.75) is 33.7 Å². The van der Waals surface area contributed by atoms with Crippen LogP contribution in [0.3, 0.4) is 0 Å². The van der Waals surface area contributed by atoms with Gasteiger partial charge in [-0.2, -0.15) is 0 Å². The van der Waals surface area contributed by atoms with Crippen molar-refractivity contribution in [1.29, 1.82) is 0 Å². The van der Waals surface area contributed by atoms with E-state index in [1.165, 1.54) is 4.88 Å². The predicted molar refractivity (Wildman–Crippen MR) is 108 cm³/mol. The summed E-state index contributed by atoms with van der Waals surface area (Å²) in [6.45, 7) is 8.83. The van der Waals surface area contributed by atoms with Crippen LogP contribution in [0.1, 0.15) is 28.9 Å². The number of aryl methyl sites for hydroxylation is 2. The molecule has 1 aromatic carbocycles. The van der Waals surface area contributed by atoms with Gasteiger partial charge >= 0.3 is 0 Å². The molecular formula is C19H28N4O2S. The Bertz CT molecular complexity index is 715. The van der Waals surface area contributed by atoms with E-state index in [1.807, 2.05) is 38.1 Å². The second kappa shape index (κ2) is 10.8. The first kappa shape index (κ1) is 20.2. The van der Waals surface area contributed by atoms with E-state index in [9.17, 15) is 0 Å². The molecular weight excluding hydrogens is 348 g/mol. The molecule has 7 heteroatoms. The van der Waals surface area contributed by atoms with Crippen LogP contribution >= 0.6 is 11.3 Å². The van der Waals surface area contributed by atoms with Gasteiger partial charge in [0.15, 0.2) is 5.96 Å². The molecule has 142 valence electrons. The number of benzene rings is 1. The van der Waals surface area contributed by atoms with Gasteiger partial charge in [0.25, 0.3) is 0 Å². The summed E-state index contributed by atoms with van der Waals surface area (Å²) in [4.78, 5) is 10.3. The Hall–Kier alpha value is -2.12. The Kier molecular flexibility index (Phi) is 8.37. The Morgan fingerprint density at radius 2 is 2.12 bits per heavy atom. The SMILES string of the molecule is CCNC(=NCc1sc(C)nc1C)Nc1cccc(OCCCOC)c1. The van der Waals surface area contributed by atoms with Gasteiger partial charge in [-0.05, 0) is 32.9 Å². The van der Waals surface area contributed by atoms with Gasteiger partial charge < -0.3 is 20.1 Å². The first-order valence-corrected chi connectivity index (χ1v) is 9.64. The Balaban J connectivity index is 2.00. The Morgan fingerprint density at radius 3 is 2.81 bits per heavy atom. The summed E-state index contributed by atoms with van der Waals surface area (Å²) in [7, 11) is 1.70. The van der Waals surface area contributed by atoms with Gasteiger partial charge in [0, 0.05) is 43.3 Å². The highest BCUT2D eigenvalue weighted by atomic mass is 32.1. The lowest BCUT2D eigenvalue weighted by atomic mass is 10.3. The first-order valence-electron chi connectivity index (χ1n) is 8.82. The van der Waals surface area contributed by atoms with Crippen LogP contribution in [0, 0.1) is 13.8 Å².